The highest BCUT2D eigenvalue weighted by molar-refractivity contribution is 5.98. The first-order valence-corrected chi connectivity index (χ1v) is 18.1. The van der Waals surface area contributed by atoms with Crippen LogP contribution in [0.15, 0.2) is 84.9 Å². The molecule has 1 aliphatic carbocycles. The summed E-state index contributed by atoms with van der Waals surface area (Å²) < 4.78 is 106. The van der Waals surface area contributed by atoms with Gasteiger partial charge in [0.15, 0.2) is 0 Å². The van der Waals surface area contributed by atoms with Crippen molar-refractivity contribution in [1.82, 2.24) is 0 Å². The monoisotopic (exact) mass is 757 g/mol. The minimum absolute atomic E-state index is 0.200. The van der Waals surface area contributed by atoms with Crippen LogP contribution in [0.4, 0.5) is 47.8 Å². The molecular weight excluding hydrogens is 715 g/mol. The van der Waals surface area contributed by atoms with Crippen LogP contribution in [0.25, 0.3) is 22.3 Å². The standard InChI is InChI=1S/C24H26F4N2O2.C17H16F3NO/c25-18-7-5-17(6-8-18)20-14-19(30-9-11-32-12-10-30)15-21(24(26,27)28)23(20)29-22(31)13-16-3-1-2-4-16;18-17(19,20)15-10-14(13-4-2-1-3-5-13)11-16(12-15)21-6-8-22-9-7-21/h5-8,14-16H,1-4,9-13H2,(H,29,31);1-5,10-12H,6-9H2. The number of rotatable bonds is 7. The van der Waals surface area contributed by atoms with Gasteiger partial charge < -0.3 is 24.6 Å². The molecule has 3 fully saturated rings. The van der Waals surface area contributed by atoms with Crippen LogP contribution in [-0.2, 0) is 26.6 Å². The van der Waals surface area contributed by atoms with Crippen molar-refractivity contribution in [3.8, 4) is 22.3 Å². The van der Waals surface area contributed by atoms with Crippen molar-refractivity contribution < 1.29 is 45.0 Å². The van der Waals surface area contributed by atoms with Crippen LogP contribution in [-0.4, -0.2) is 58.5 Å². The molecule has 54 heavy (non-hydrogen) atoms. The molecule has 2 saturated heterocycles. The van der Waals surface area contributed by atoms with Gasteiger partial charge in [0.25, 0.3) is 0 Å². The minimum atomic E-state index is -4.67. The first-order valence-electron chi connectivity index (χ1n) is 18.1. The molecule has 2 heterocycles. The number of nitrogens with zero attached hydrogens (tertiary/aromatic N) is 2. The quantitative estimate of drug-likeness (QED) is 0.190. The number of nitrogens with one attached hydrogen (secondary N) is 1. The van der Waals surface area contributed by atoms with Crippen LogP contribution in [0, 0.1) is 11.7 Å². The molecule has 288 valence electrons. The smallest absolute Gasteiger partial charge is 0.378 e. The Balaban J connectivity index is 0.000000197. The fourth-order valence-corrected chi connectivity index (χ4v) is 7.09. The van der Waals surface area contributed by atoms with Crippen molar-refractivity contribution in [2.75, 3.05) is 67.7 Å². The zero-order valence-corrected chi connectivity index (χ0v) is 29.6. The first kappa shape index (κ1) is 39.1. The molecular formula is C41H42F7N3O3. The van der Waals surface area contributed by atoms with Crippen molar-refractivity contribution in [1.29, 1.82) is 0 Å². The van der Waals surface area contributed by atoms with E-state index in [9.17, 15) is 35.5 Å². The number of carbonyl (C=O) groups excluding carboxylic acids is 1. The van der Waals surface area contributed by atoms with Gasteiger partial charge in [-0.2, -0.15) is 26.3 Å². The Bertz CT molecular complexity index is 1850. The Labute approximate surface area is 309 Å². The van der Waals surface area contributed by atoms with Crippen LogP contribution >= 0.6 is 0 Å². The molecule has 3 aliphatic rings. The summed E-state index contributed by atoms with van der Waals surface area (Å²) >= 11 is 0. The summed E-state index contributed by atoms with van der Waals surface area (Å²) in [5, 5.41) is 2.56. The molecule has 0 aromatic heterocycles. The van der Waals surface area contributed by atoms with Crippen molar-refractivity contribution in [3.05, 3.63) is 102 Å². The summed E-state index contributed by atoms with van der Waals surface area (Å²) in [5.41, 5.74) is 1.19. The Morgan fingerprint density at radius 2 is 1.24 bits per heavy atom. The van der Waals surface area contributed by atoms with Crippen LogP contribution < -0.4 is 15.1 Å². The lowest BCUT2D eigenvalue weighted by atomic mass is 9.97. The van der Waals surface area contributed by atoms with Gasteiger partial charge in [-0.3, -0.25) is 4.79 Å². The number of benzene rings is 4. The lowest BCUT2D eigenvalue weighted by Gasteiger charge is -2.31. The van der Waals surface area contributed by atoms with Gasteiger partial charge in [-0.05, 0) is 77.9 Å². The van der Waals surface area contributed by atoms with E-state index < -0.39 is 35.2 Å². The third-order valence-corrected chi connectivity index (χ3v) is 9.90. The molecule has 0 atom stereocenters. The fraction of sp³-hybridized carbons (Fsp3) is 0.390. The summed E-state index contributed by atoms with van der Waals surface area (Å²) in [7, 11) is 0. The highest BCUT2D eigenvalue weighted by Gasteiger charge is 2.37. The molecule has 0 bridgehead atoms. The van der Waals surface area contributed by atoms with E-state index in [1.807, 2.05) is 46.2 Å². The van der Waals surface area contributed by atoms with Crippen LogP contribution in [0.2, 0.25) is 0 Å². The number of anilines is 3. The van der Waals surface area contributed by atoms with Gasteiger partial charge in [-0.1, -0.05) is 55.3 Å². The normalized spacial score (nSPS) is 16.9. The van der Waals surface area contributed by atoms with Crippen LogP contribution in [0.1, 0.15) is 43.2 Å². The van der Waals surface area contributed by atoms with E-state index in [-0.39, 0.29) is 23.6 Å². The van der Waals surface area contributed by atoms with E-state index >= 15 is 0 Å². The molecule has 0 unspecified atom stereocenters. The van der Waals surface area contributed by atoms with Gasteiger partial charge in [0.1, 0.15) is 5.82 Å². The first-order chi connectivity index (χ1) is 25.8. The summed E-state index contributed by atoms with van der Waals surface area (Å²) in [6, 6.07) is 21.4. The number of carbonyl (C=O) groups is 1. The number of hydrogen-bond donors (Lipinski definition) is 1. The van der Waals surface area contributed by atoms with Gasteiger partial charge >= 0.3 is 12.4 Å². The van der Waals surface area contributed by atoms with E-state index in [1.54, 1.807) is 6.07 Å². The largest absolute Gasteiger partial charge is 0.418 e. The number of halogens is 7. The van der Waals surface area contributed by atoms with Crippen LogP contribution in [0.5, 0.6) is 0 Å². The van der Waals surface area contributed by atoms with Crippen molar-refractivity contribution in [2.45, 2.75) is 44.5 Å². The Kier molecular flexibility index (Phi) is 12.5. The summed E-state index contributed by atoms with van der Waals surface area (Å²) in [5.74, 6) is -0.711. The molecule has 0 radical (unpaired) electrons. The van der Waals surface area contributed by atoms with E-state index in [1.165, 1.54) is 36.4 Å². The van der Waals surface area contributed by atoms with Crippen molar-refractivity contribution in [3.63, 3.8) is 0 Å². The summed E-state index contributed by atoms with van der Waals surface area (Å²) in [6.45, 7) is 4.07. The summed E-state index contributed by atoms with van der Waals surface area (Å²) in [6.07, 6.45) is -4.91. The third kappa shape index (κ3) is 10.1. The molecule has 4 aromatic rings. The molecule has 7 rings (SSSR count). The van der Waals surface area contributed by atoms with Crippen molar-refractivity contribution in [2.24, 2.45) is 5.92 Å². The zero-order chi connectivity index (χ0) is 38.3. The Morgan fingerprint density at radius 1 is 0.667 bits per heavy atom. The Morgan fingerprint density at radius 3 is 1.80 bits per heavy atom. The molecule has 6 nitrogen and oxygen atoms in total. The highest BCUT2D eigenvalue weighted by Crippen LogP contribution is 2.44. The molecule has 1 saturated carbocycles. The van der Waals surface area contributed by atoms with Gasteiger partial charge in [-0.15, -0.1) is 0 Å². The molecule has 0 spiro atoms. The molecule has 1 amide bonds. The molecule has 2 aliphatic heterocycles. The van der Waals surface area contributed by atoms with Gasteiger partial charge in [0.2, 0.25) is 5.91 Å². The Hall–Kier alpha value is -4.62. The second-order valence-corrected chi connectivity index (χ2v) is 13.7. The number of morpholine rings is 2. The predicted octanol–water partition coefficient (Wildman–Crippen LogP) is 10.1. The van der Waals surface area contributed by atoms with Crippen molar-refractivity contribution >= 4 is 23.0 Å². The average molecular weight is 758 g/mol. The highest BCUT2D eigenvalue weighted by atomic mass is 19.4. The maximum absolute atomic E-state index is 14.2. The molecule has 1 N–H and O–H groups in total. The maximum atomic E-state index is 14.2. The minimum Gasteiger partial charge on any atom is -0.378 e. The fourth-order valence-electron chi connectivity index (χ4n) is 7.09. The molecule has 4 aromatic carbocycles. The number of ether oxygens (including phenoxy) is 2. The number of hydrogen-bond acceptors (Lipinski definition) is 5. The van der Waals surface area contributed by atoms with E-state index in [2.05, 4.69) is 5.32 Å². The average Bonchev–Trinajstić information content (AvgIpc) is 3.68. The lowest BCUT2D eigenvalue weighted by Crippen LogP contribution is -2.36. The van der Waals surface area contributed by atoms with E-state index in [0.29, 0.717) is 75.1 Å². The lowest BCUT2D eigenvalue weighted by molar-refractivity contribution is -0.138. The number of amides is 1. The predicted molar refractivity (Wildman–Crippen MR) is 195 cm³/mol. The second kappa shape index (κ2) is 17.2. The SMILES string of the molecule is FC(F)(F)c1cc(-c2ccccc2)cc(N2CCOCC2)c1.O=C(CC1CCCC1)Nc1c(-c2ccc(F)cc2)cc(N2CCOCC2)cc1C(F)(F)F. The van der Waals surface area contributed by atoms with Gasteiger partial charge in [0.05, 0.1) is 43.2 Å². The van der Waals surface area contributed by atoms with Crippen LogP contribution in [0.3, 0.4) is 0 Å². The maximum Gasteiger partial charge on any atom is 0.418 e. The van der Waals surface area contributed by atoms with Gasteiger partial charge in [0, 0.05) is 49.5 Å². The van der Waals surface area contributed by atoms with Gasteiger partial charge in [-0.25, -0.2) is 4.39 Å². The second-order valence-electron chi connectivity index (χ2n) is 13.7. The molecule has 13 heteroatoms. The topological polar surface area (TPSA) is 54.0 Å². The van der Waals surface area contributed by atoms with E-state index in [4.69, 9.17) is 9.47 Å². The van der Waals surface area contributed by atoms with E-state index in [0.717, 1.165) is 37.3 Å². The number of alkyl halides is 6. The zero-order valence-electron chi connectivity index (χ0n) is 29.6. The third-order valence-electron chi connectivity index (χ3n) is 9.90. The summed E-state index contributed by atoms with van der Waals surface area (Å²) in [4.78, 5) is 16.5.